The van der Waals surface area contributed by atoms with Gasteiger partial charge in [0.15, 0.2) is 0 Å². The van der Waals surface area contributed by atoms with Crippen molar-refractivity contribution < 1.29 is 13.6 Å². The Morgan fingerprint density at radius 3 is 2.12 bits per heavy atom. The minimum Gasteiger partial charge on any atom is -0.314 e. The van der Waals surface area contributed by atoms with Crippen LogP contribution < -0.4 is 5.73 Å². The lowest BCUT2D eigenvalue weighted by molar-refractivity contribution is 0.212. The Morgan fingerprint density at radius 2 is 1.71 bits per heavy atom. The van der Waals surface area contributed by atoms with Crippen molar-refractivity contribution in [3.05, 3.63) is 33.4 Å². The third kappa shape index (κ3) is 4.03. The van der Waals surface area contributed by atoms with Gasteiger partial charge in [-0.05, 0) is 54.1 Å². The molecule has 0 aromatic heterocycles. The van der Waals surface area contributed by atoms with Gasteiger partial charge >= 0.3 is 7.60 Å². The van der Waals surface area contributed by atoms with E-state index in [2.05, 4.69) is 22.6 Å². The Hall–Kier alpha value is 0.0600. The Labute approximate surface area is 116 Å². The van der Waals surface area contributed by atoms with Crippen molar-refractivity contribution in [1.29, 1.82) is 0 Å². The Morgan fingerprint density at radius 1 is 1.24 bits per heavy atom. The molecule has 2 N–H and O–H groups in total. The van der Waals surface area contributed by atoms with E-state index in [0.29, 0.717) is 13.2 Å². The standard InChI is InChI=1S/C11H17INO3P/c1-3-15-17(14,16-4-2)11(13)9-5-7-10(12)8-6-9/h5-8,11H,3-4,13H2,1-2H3/t11-/m1/s1. The molecule has 0 saturated carbocycles. The van der Waals surface area contributed by atoms with Crippen LogP contribution in [0.1, 0.15) is 25.2 Å². The smallest absolute Gasteiger partial charge is 0.314 e. The molecule has 1 atom stereocenters. The summed E-state index contributed by atoms with van der Waals surface area (Å²) in [6, 6.07) is 7.52. The summed E-state index contributed by atoms with van der Waals surface area (Å²) in [7, 11) is -3.27. The Kier molecular flexibility index (Phi) is 6.09. The van der Waals surface area contributed by atoms with Crippen molar-refractivity contribution >= 4 is 30.2 Å². The number of benzene rings is 1. The van der Waals surface area contributed by atoms with Crippen LogP contribution in [0, 0.1) is 3.57 Å². The second kappa shape index (κ2) is 6.85. The number of hydrogen-bond donors (Lipinski definition) is 1. The minimum absolute atomic E-state index is 0.315. The third-order valence-electron chi connectivity index (χ3n) is 2.17. The van der Waals surface area contributed by atoms with Gasteiger partial charge in [-0.15, -0.1) is 0 Å². The Balaban J connectivity index is 2.95. The van der Waals surface area contributed by atoms with Crippen molar-refractivity contribution in [1.82, 2.24) is 0 Å². The fourth-order valence-corrected chi connectivity index (χ4v) is 3.41. The zero-order chi connectivity index (χ0) is 12.9. The first kappa shape index (κ1) is 15.1. The number of hydrogen-bond acceptors (Lipinski definition) is 4. The van der Waals surface area contributed by atoms with Crippen molar-refractivity contribution in [2.24, 2.45) is 5.73 Å². The maximum atomic E-state index is 12.4. The fraction of sp³-hybridized carbons (Fsp3) is 0.455. The molecule has 0 saturated heterocycles. The summed E-state index contributed by atoms with van der Waals surface area (Å²) in [5, 5.41) is 0. The maximum Gasteiger partial charge on any atom is 0.351 e. The van der Waals surface area contributed by atoms with Gasteiger partial charge in [0.05, 0.1) is 13.2 Å². The second-order valence-corrected chi connectivity index (χ2v) is 6.77. The molecule has 17 heavy (non-hydrogen) atoms. The number of halogens is 1. The van der Waals surface area contributed by atoms with E-state index >= 15 is 0 Å². The number of nitrogens with two attached hydrogens (primary N) is 1. The van der Waals surface area contributed by atoms with E-state index in [1.54, 1.807) is 13.8 Å². The highest BCUT2D eigenvalue weighted by molar-refractivity contribution is 14.1. The minimum atomic E-state index is -3.27. The summed E-state index contributed by atoms with van der Waals surface area (Å²) in [6.45, 7) is 4.17. The van der Waals surface area contributed by atoms with Gasteiger partial charge in [0.2, 0.25) is 0 Å². The van der Waals surface area contributed by atoms with E-state index in [4.69, 9.17) is 14.8 Å². The molecular weight excluding hydrogens is 352 g/mol. The van der Waals surface area contributed by atoms with Gasteiger partial charge in [-0.1, -0.05) is 12.1 Å². The van der Waals surface area contributed by atoms with E-state index in [1.807, 2.05) is 24.3 Å². The molecule has 0 radical (unpaired) electrons. The summed E-state index contributed by atoms with van der Waals surface area (Å²) in [6.07, 6.45) is 0. The van der Waals surface area contributed by atoms with Crippen LogP contribution in [0.4, 0.5) is 0 Å². The van der Waals surface area contributed by atoms with Crippen molar-refractivity contribution in [2.45, 2.75) is 19.6 Å². The van der Waals surface area contributed by atoms with Gasteiger partial charge in [-0.2, -0.15) is 0 Å². The fourth-order valence-electron chi connectivity index (χ4n) is 1.40. The lowest BCUT2D eigenvalue weighted by Crippen LogP contribution is -2.15. The second-order valence-electron chi connectivity index (χ2n) is 3.37. The molecule has 0 spiro atoms. The van der Waals surface area contributed by atoms with Crippen LogP contribution in [0.2, 0.25) is 0 Å². The van der Waals surface area contributed by atoms with Gasteiger partial charge < -0.3 is 14.8 Å². The van der Waals surface area contributed by atoms with Crippen LogP contribution in [-0.2, 0) is 13.6 Å². The molecule has 0 bridgehead atoms. The third-order valence-corrected chi connectivity index (χ3v) is 5.11. The zero-order valence-electron chi connectivity index (χ0n) is 9.93. The van der Waals surface area contributed by atoms with Gasteiger partial charge in [-0.25, -0.2) is 0 Å². The van der Waals surface area contributed by atoms with E-state index in [1.165, 1.54) is 0 Å². The highest BCUT2D eigenvalue weighted by Gasteiger charge is 2.33. The monoisotopic (exact) mass is 369 g/mol. The first-order valence-corrected chi connectivity index (χ1v) is 8.12. The number of rotatable bonds is 6. The molecule has 1 aromatic rings. The van der Waals surface area contributed by atoms with Crippen LogP contribution in [0.25, 0.3) is 0 Å². The van der Waals surface area contributed by atoms with Crippen molar-refractivity contribution in [2.75, 3.05) is 13.2 Å². The summed E-state index contributed by atoms with van der Waals surface area (Å²) in [5.74, 6) is -0.737. The van der Waals surface area contributed by atoms with Gasteiger partial charge in [-0.3, -0.25) is 4.57 Å². The molecule has 0 fully saturated rings. The summed E-state index contributed by atoms with van der Waals surface area (Å²) in [5.41, 5.74) is 6.74. The molecule has 6 heteroatoms. The first-order chi connectivity index (χ1) is 8.03. The molecule has 0 unspecified atom stereocenters. The predicted molar refractivity (Wildman–Crippen MR) is 76.9 cm³/mol. The average molecular weight is 369 g/mol. The molecule has 0 aliphatic rings. The van der Waals surface area contributed by atoms with Crippen LogP contribution in [0.15, 0.2) is 24.3 Å². The average Bonchev–Trinajstić information content (AvgIpc) is 2.30. The summed E-state index contributed by atoms with van der Waals surface area (Å²) in [4.78, 5) is 0. The van der Waals surface area contributed by atoms with Crippen LogP contribution in [-0.4, -0.2) is 13.2 Å². The van der Waals surface area contributed by atoms with Crippen LogP contribution >= 0.6 is 30.2 Å². The van der Waals surface area contributed by atoms with E-state index in [0.717, 1.165) is 9.13 Å². The Bertz CT molecular complexity index is 386. The molecule has 96 valence electrons. The van der Waals surface area contributed by atoms with E-state index in [9.17, 15) is 4.57 Å². The van der Waals surface area contributed by atoms with Crippen molar-refractivity contribution in [3.63, 3.8) is 0 Å². The normalized spacial score (nSPS) is 13.6. The van der Waals surface area contributed by atoms with E-state index < -0.39 is 13.4 Å². The lowest BCUT2D eigenvalue weighted by atomic mass is 10.2. The topological polar surface area (TPSA) is 61.5 Å². The van der Waals surface area contributed by atoms with E-state index in [-0.39, 0.29) is 0 Å². The lowest BCUT2D eigenvalue weighted by Gasteiger charge is -2.23. The summed E-state index contributed by atoms with van der Waals surface area (Å²) < 4.78 is 24.0. The largest absolute Gasteiger partial charge is 0.351 e. The molecular formula is C11H17INO3P. The molecule has 0 aliphatic carbocycles. The zero-order valence-corrected chi connectivity index (χ0v) is 13.0. The molecule has 1 rings (SSSR count). The molecule has 4 nitrogen and oxygen atoms in total. The SMILES string of the molecule is CCOP(=O)(OCC)[C@@H](N)c1ccc(I)cc1. The highest BCUT2D eigenvalue weighted by Crippen LogP contribution is 2.58. The highest BCUT2D eigenvalue weighted by atomic mass is 127. The molecule has 0 heterocycles. The predicted octanol–water partition coefficient (Wildman–Crippen LogP) is 3.51. The summed E-state index contributed by atoms with van der Waals surface area (Å²) >= 11 is 2.20. The van der Waals surface area contributed by atoms with Gasteiger partial charge in [0, 0.05) is 3.57 Å². The van der Waals surface area contributed by atoms with Crippen LogP contribution in [0.5, 0.6) is 0 Å². The maximum absolute atomic E-state index is 12.4. The molecule has 0 amide bonds. The van der Waals surface area contributed by atoms with Crippen LogP contribution in [0.3, 0.4) is 0 Å². The first-order valence-electron chi connectivity index (χ1n) is 5.43. The van der Waals surface area contributed by atoms with Gasteiger partial charge in [0.1, 0.15) is 5.78 Å². The van der Waals surface area contributed by atoms with Gasteiger partial charge in [0.25, 0.3) is 0 Å². The molecule has 0 aliphatic heterocycles. The molecule has 1 aromatic carbocycles. The quantitative estimate of drug-likeness (QED) is 0.616. The van der Waals surface area contributed by atoms with Crippen molar-refractivity contribution in [3.8, 4) is 0 Å².